The average molecular weight is 275 g/mol. The van der Waals surface area contributed by atoms with Gasteiger partial charge in [-0.1, -0.05) is 6.92 Å². The van der Waals surface area contributed by atoms with E-state index in [9.17, 15) is 0 Å². The van der Waals surface area contributed by atoms with Crippen molar-refractivity contribution >= 4 is 33.9 Å². The third kappa shape index (κ3) is 3.32. The Kier molecular flexibility index (Phi) is 4.53. The topological polar surface area (TPSA) is 50.9 Å². The average Bonchev–Trinajstić information content (AvgIpc) is 2.41. The van der Waals surface area contributed by atoms with Gasteiger partial charge in [0, 0.05) is 45.8 Å². The van der Waals surface area contributed by atoms with E-state index in [0.29, 0.717) is 5.25 Å². The van der Waals surface area contributed by atoms with Crippen LogP contribution in [0.25, 0.3) is 10.8 Å². The molecule has 19 heavy (non-hydrogen) atoms. The third-order valence-electron chi connectivity index (χ3n) is 3.34. The van der Waals surface area contributed by atoms with Gasteiger partial charge in [0.25, 0.3) is 0 Å². The first-order valence-electron chi connectivity index (χ1n) is 6.53. The summed E-state index contributed by atoms with van der Waals surface area (Å²) in [4.78, 5) is 4.32. The van der Waals surface area contributed by atoms with E-state index in [1.807, 2.05) is 30.9 Å². The lowest BCUT2D eigenvalue weighted by Crippen LogP contribution is -2.08. The molecule has 0 radical (unpaired) electrons. The summed E-state index contributed by atoms with van der Waals surface area (Å²) in [6.07, 6.45) is 5.16. The van der Waals surface area contributed by atoms with Crippen molar-refractivity contribution in [2.75, 3.05) is 23.9 Å². The lowest BCUT2D eigenvalue weighted by molar-refractivity contribution is 0.854. The first-order chi connectivity index (χ1) is 9.11. The van der Waals surface area contributed by atoms with Crippen molar-refractivity contribution in [2.24, 2.45) is 0 Å². The predicted octanol–water partition coefficient (Wildman–Crippen LogP) is 3.68. The third-order valence-corrected chi connectivity index (χ3v) is 4.38. The molecule has 0 aliphatic heterocycles. The molecule has 1 aromatic carbocycles. The SMILES string of the molecule is CSC(C)CCNc1ccc(N)c2cnc(C)cc12. The molecule has 102 valence electrons. The summed E-state index contributed by atoms with van der Waals surface area (Å²) in [7, 11) is 0. The number of aromatic nitrogens is 1. The first-order valence-corrected chi connectivity index (χ1v) is 7.82. The summed E-state index contributed by atoms with van der Waals surface area (Å²) in [6.45, 7) is 5.23. The number of hydrogen-bond acceptors (Lipinski definition) is 4. The fraction of sp³-hybridized carbons (Fsp3) is 0.400. The number of benzene rings is 1. The Morgan fingerprint density at radius 3 is 2.89 bits per heavy atom. The Labute approximate surface area is 119 Å². The van der Waals surface area contributed by atoms with E-state index in [1.165, 1.54) is 0 Å². The van der Waals surface area contributed by atoms with Gasteiger partial charge in [0.15, 0.2) is 0 Å². The van der Waals surface area contributed by atoms with Crippen molar-refractivity contribution in [1.82, 2.24) is 4.98 Å². The molecule has 0 spiro atoms. The molecule has 2 rings (SSSR count). The summed E-state index contributed by atoms with van der Waals surface area (Å²) in [5.74, 6) is 0. The van der Waals surface area contributed by atoms with Crippen LogP contribution in [0.2, 0.25) is 0 Å². The molecule has 3 N–H and O–H groups in total. The van der Waals surface area contributed by atoms with E-state index in [2.05, 4.69) is 35.6 Å². The van der Waals surface area contributed by atoms with Crippen LogP contribution in [0.3, 0.4) is 0 Å². The minimum Gasteiger partial charge on any atom is -0.398 e. The Bertz CT molecular complexity index is 569. The smallest absolute Gasteiger partial charge is 0.0422 e. The van der Waals surface area contributed by atoms with Crippen LogP contribution in [-0.2, 0) is 0 Å². The molecule has 4 heteroatoms. The lowest BCUT2D eigenvalue weighted by Gasteiger charge is -2.13. The maximum absolute atomic E-state index is 6.00. The van der Waals surface area contributed by atoms with Crippen LogP contribution in [-0.4, -0.2) is 23.0 Å². The Balaban J connectivity index is 2.23. The van der Waals surface area contributed by atoms with Gasteiger partial charge in [0.2, 0.25) is 0 Å². The van der Waals surface area contributed by atoms with Crippen molar-refractivity contribution in [3.05, 3.63) is 30.1 Å². The predicted molar refractivity (Wildman–Crippen MR) is 87.0 cm³/mol. The molecule has 3 nitrogen and oxygen atoms in total. The van der Waals surface area contributed by atoms with Gasteiger partial charge in [-0.25, -0.2) is 0 Å². The second kappa shape index (κ2) is 6.15. The summed E-state index contributed by atoms with van der Waals surface area (Å²) in [6, 6.07) is 6.09. The number of aryl methyl sites for hydroxylation is 1. The molecule has 0 bridgehead atoms. The molecule has 1 unspecified atom stereocenters. The van der Waals surface area contributed by atoms with E-state index in [0.717, 1.165) is 40.8 Å². The summed E-state index contributed by atoms with van der Waals surface area (Å²) in [5.41, 5.74) is 8.94. The van der Waals surface area contributed by atoms with E-state index in [1.54, 1.807) is 0 Å². The fourth-order valence-electron chi connectivity index (χ4n) is 2.05. The molecule has 0 fully saturated rings. The highest BCUT2D eigenvalue weighted by atomic mass is 32.2. The molecule has 2 aromatic rings. The summed E-state index contributed by atoms with van der Waals surface area (Å²) < 4.78 is 0. The van der Waals surface area contributed by atoms with Crippen LogP contribution in [0.4, 0.5) is 11.4 Å². The van der Waals surface area contributed by atoms with Crippen molar-refractivity contribution < 1.29 is 0 Å². The maximum atomic E-state index is 6.00. The highest BCUT2D eigenvalue weighted by molar-refractivity contribution is 7.99. The van der Waals surface area contributed by atoms with Crippen LogP contribution >= 0.6 is 11.8 Å². The quantitative estimate of drug-likeness (QED) is 0.817. The van der Waals surface area contributed by atoms with Crippen molar-refractivity contribution in [1.29, 1.82) is 0 Å². The zero-order valence-electron chi connectivity index (χ0n) is 11.7. The standard InChI is InChI=1S/C15H21N3S/c1-10-8-12-13(9-18-10)14(16)4-5-15(12)17-7-6-11(2)19-3/h4-5,8-9,11,17H,6-7,16H2,1-3H3. The van der Waals surface area contributed by atoms with Crippen LogP contribution in [0.5, 0.6) is 0 Å². The second-order valence-corrected chi connectivity index (χ2v) is 6.11. The zero-order valence-corrected chi connectivity index (χ0v) is 12.6. The summed E-state index contributed by atoms with van der Waals surface area (Å²) >= 11 is 1.90. The number of pyridine rings is 1. The number of nitrogens with one attached hydrogen (secondary N) is 1. The monoisotopic (exact) mass is 275 g/mol. The molecule has 1 aromatic heterocycles. The molecule has 1 atom stereocenters. The van der Waals surface area contributed by atoms with Gasteiger partial charge >= 0.3 is 0 Å². The normalized spacial score (nSPS) is 12.6. The molecule has 0 saturated heterocycles. The van der Waals surface area contributed by atoms with Gasteiger partial charge in [0.05, 0.1) is 0 Å². The molecule has 0 saturated carbocycles. The second-order valence-electron chi connectivity index (χ2n) is 4.84. The number of nitrogen functional groups attached to an aromatic ring is 1. The summed E-state index contributed by atoms with van der Waals surface area (Å²) in [5, 5.41) is 6.37. The lowest BCUT2D eigenvalue weighted by atomic mass is 10.1. The number of fused-ring (bicyclic) bond motifs is 1. The maximum Gasteiger partial charge on any atom is 0.0422 e. The number of rotatable bonds is 5. The van der Waals surface area contributed by atoms with Gasteiger partial charge in [-0.2, -0.15) is 11.8 Å². The number of nitrogens with two attached hydrogens (primary N) is 1. The Hall–Kier alpha value is -1.42. The zero-order chi connectivity index (χ0) is 13.8. The van der Waals surface area contributed by atoms with E-state index in [4.69, 9.17) is 5.73 Å². The van der Waals surface area contributed by atoms with E-state index >= 15 is 0 Å². The minimum absolute atomic E-state index is 0.677. The van der Waals surface area contributed by atoms with Gasteiger partial charge in [0.1, 0.15) is 0 Å². The minimum atomic E-state index is 0.677. The molecule has 0 amide bonds. The first kappa shape index (κ1) is 14.0. The molecule has 0 aliphatic rings. The number of thioether (sulfide) groups is 1. The molecular weight excluding hydrogens is 254 g/mol. The highest BCUT2D eigenvalue weighted by Crippen LogP contribution is 2.28. The van der Waals surface area contributed by atoms with Crippen LogP contribution < -0.4 is 11.1 Å². The number of hydrogen-bond donors (Lipinski definition) is 2. The van der Waals surface area contributed by atoms with Gasteiger partial charge in [-0.05, 0) is 37.8 Å². The Morgan fingerprint density at radius 1 is 1.37 bits per heavy atom. The van der Waals surface area contributed by atoms with E-state index in [-0.39, 0.29) is 0 Å². The van der Waals surface area contributed by atoms with Crippen molar-refractivity contribution in [2.45, 2.75) is 25.5 Å². The van der Waals surface area contributed by atoms with Crippen LogP contribution in [0.1, 0.15) is 19.0 Å². The van der Waals surface area contributed by atoms with E-state index < -0.39 is 0 Å². The largest absolute Gasteiger partial charge is 0.398 e. The fourth-order valence-corrected chi connectivity index (χ4v) is 2.40. The molecule has 0 aliphatic carbocycles. The molecular formula is C15H21N3S. The van der Waals surface area contributed by atoms with Crippen molar-refractivity contribution in [3.8, 4) is 0 Å². The Morgan fingerprint density at radius 2 is 2.16 bits per heavy atom. The van der Waals surface area contributed by atoms with Crippen LogP contribution in [0.15, 0.2) is 24.4 Å². The number of nitrogens with zero attached hydrogens (tertiary/aromatic N) is 1. The number of anilines is 2. The van der Waals surface area contributed by atoms with Gasteiger partial charge in [-0.15, -0.1) is 0 Å². The van der Waals surface area contributed by atoms with Gasteiger partial charge < -0.3 is 11.1 Å². The molecule has 1 heterocycles. The van der Waals surface area contributed by atoms with Gasteiger partial charge in [-0.3, -0.25) is 4.98 Å². The van der Waals surface area contributed by atoms with Crippen LogP contribution in [0, 0.1) is 6.92 Å². The highest BCUT2D eigenvalue weighted by Gasteiger charge is 2.05. The van der Waals surface area contributed by atoms with Crippen molar-refractivity contribution in [3.63, 3.8) is 0 Å².